The SMILES string of the molecule is Cc1ccccc1NC(=O)N(CC(=O)N1CCn2cccc2[C@H]1c1cccc(Oc2ccccc2)c1)C(C)C. The van der Waals surface area contributed by atoms with E-state index in [9.17, 15) is 9.59 Å². The highest BCUT2D eigenvalue weighted by Gasteiger charge is 2.34. The van der Waals surface area contributed by atoms with Crippen LogP contribution in [0.4, 0.5) is 10.5 Å². The van der Waals surface area contributed by atoms with Crippen molar-refractivity contribution in [2.24, 2.45) is 0 Å². The van der Waals surface area contributed by atoms with Crippen molar-refractivity contribution in [3.8, 4) is 11.5 Å². The minimum atomic E-state index is -0.297. The summed E-state index contributed by atoms with van der Waals surface area (Å²) < 4.78 is 8.28. The van der Waals surface area contributed by atoms with Crippen LogP contribution in [0.3, 0.4) is 0 Å². The van der Waals surface area contributed by atoms with Gasteiger partial charge in [0.2, 0.25) is 5.91 Å². The first kappa shape index (κ1) is 26.1. The van der Waals surface area contributed by atoms with Crippen LogP contribution >= 0.6 is 0 Å². The molecule has 0 aliphatic carbocycles. The molecule has 3 aromatic carbocycles. The summed E-state index contributed by atoms with van der Waals surface area (Å²) in [6, 6.07) is 28.5. The van der Waals surface area contributed by atoms with E-state index in [0.717, 1.165) is 28.3 Å². The zero-order chi connectivity index (χ0) is 27.4. The Morgan fingerprint density at radius 2 is 1.67 bits per heavy atom. The standard InChI is InChI=1S/C32H34N4O3/c1-23(2)36(32(38)33-28-16-8-7-11-24(28)3)22-30(37)35-20-19-34-18-10-17-29(34)31(35)25-12-9-15-27(21-25)39-26-13-5-4-6-14-26/h4-18,21,23,31H,19-20,22H2,1-3H3,(H,33,38)/t31-/m1/s1. The fourth-order valence-electron chi connectivity index (χ4n) is 5.00. The Labute approximate surface area is 229 Å². The third-order valence-electron chi connectivity index (χ3n) is 7.09. The van der Waals surface area contributed by atoms with E-state index < -0.39 is 0 Å². The van der Waals surface area contributed by atoms with E-state index in [2.05, 4.69) is 16.0 Å². The number of fused-ring (bicyclic) bond motifs is 1. The number of aryl methyl sites for hydroxylation is 1. The number of nitrogens with zero attached hydrogens (tertiary/aromatic N) is 3. The molecule has 0 radical (unpaired) electrons. The summed E-state index contributed by atoms with van der Waals surface area (Å²) in [5, 5.41) is 2.98. The van der Waals surface area contributed by atoms with Crippen LogP contribution in [-0.4, -0.2) is 45.4 Å². The number of hydrogen-bond donors (Lipinski definition) is 1. The lowest BCUT2D eigenvalue weighted by molar-refractivity contribution is -0.134. The zero-order valence-corrected chi connectivity index (χ0v) is 22.6. The van der Waals surface area contributed by atoms with Gasteiger partial charge in [-0.3, -0.25) is 4.79 Å². The van der Waals surface area contributed by atoms with E-state index in [0.29, 0.717) is 18.8 Å². The third-order valence-corrected chi connectivity index (χ3v) is 7.09. The van der Waals surface area contributed by atoms with Crippen LogP contribution in [0.5, 0.6) is 11.5 Å². The van der Waals surface area contributed by atoms with Crippen LogP contribution in [0.15, 0.2) is 97.2 Å². The van der Waals surface area contributed by atoms with Gasteiger partial charge in [0, 0.05) is 36.7 Å². The number of hydrogen-bond acceptors (Lipinski definition) is 3. The van der Waals surface area contributed by atoms with Crippen molar-refractivity contribution in [3.05, 3.63) is 114 Å². The number of benzene rings is 3. The van der Waals surface area contributed by atoms with E-state index in [1.807, 2.05) is 117 Å². The number of ether oxygens (including phenoxy) is 1. The summed E-state index contributed by atoms with van der Waals surface area (Å²) >= 11 is 0. The van der Waals surface area contributed by atoms with Crippen LogP contribution in [0.25, 0.3) is 0 Å². The predicted molar refractivity (Wildman–Crippen MR) is 153 cm³/mol. The molecule has 0 saturated carbocycles. The molecule has 200 valence electrons. The number of para-hydroxylation sites is 2. The van der Waals surface area contributed by atoms with Crippen molar-refractivity contribution in [2.45, 2.75) is 39.4 Å². The second kappa shape index (κ2) is 11.5. The number of anilines is 1. The van der Waals surface area contributed by atoms with Crippen molar-refractivity contribution >= 4 is 17.6 Å². The van der Waals surface area contributed by atoms with Crippen molar-refractivity contribution in [1.29, 1.82) is 0 Å². The van der Waals surface area contributed by atoms with Gasteiger partial charge in [-0.15, -0.1) is 0 Å². The topological polar surface area (TPSA) is 66.8 Å². The summed E-state index contributed by atoms with van der Waals surface area (Å²) in [4.78, 5) is 30.6. The lowest BCUT2D eigenvalue weighted by Gasteiger charge is -2.39. The Kier molecular flexibility index (Phi) is 7.68. The van der Waals surface area contributed by atoms with Crippen LogP contribution in [-0.2, 0) is 11.3 Å². The summed E-state index contributed by atoms with van der Waals surface area (Å²) in [5.41, 5.74) is 3.70. The zero-order valence-electron chi connectivity index (χ0n) is 22.6. The Balaban J connectivity index is 1.40. The fraction of sp³-hybridized carbons (Fsp3) is 0.250. The highest BCUT2D eigenvalue weighted by molar-refractivity contribution is 5.93. The molecular formula is C32H34N4O3. The Morgan fingerprint density at radius 1 is 0.923 bits per heavy atom. The van der Waals surface area contributed by atoms with Gasteiger partial charge < -0.3 is 24.4 Å². The summed E-state index contributed by atoms with van der Waals surface area (Å²) in [6.07, 6.45) is 2.05. The molecule has 1 aliphatic rings. The Bertz CT molecular complexity index is 1450. The minimum absolute atomic E-state index is 0.0210. The number of nitrogens with one attached hydrogen (secondary N) is 1. The average molecular weight is 523 g/mol. The van der Waals surface area contributed by atoms with Gasteiger partial charge in [-0.25, -0.2) is 4.79 Å². The summed E-state index contributed by atoms with van der Waals surface area (Å²) in [5.74, 6) is 1.36. The highest BCUT2D eigenvalue weighted by Crippen LogP contribution is 2.35. The maximum absolute atomic E-state index is 13.9. The van der Waals surface area contributed by atoms with E-state index in [-0.39, 0.29) is 30.6 Å². The van der Waals surface area contributed by atoms with Crippen LogP contribution < -0.4 is 10.1 Å². The molecule has 0 bridgehead atoms. The average Bonchev–Trinajstić information content (AvgIpc) is 3.42. The molecule has 1 aromatic heterocycles. The van der Waals surface area contributed by atoms with Crippen molar-refractivity contribution in [1.82, 2.24) is 14.4 Å². The number of carbonyl (C=O) groups is 2. The molecule has 7 nitrogen and oxygen atoms in total. The number of rotatable bonds is 7. The lowest BCUT2D eigenvalue weighted by atomic mass is 9.99. The molecule has 5 rings (SSSR count). The molecular weight excluding hydrogens is 488 g/mol. The molecule has 1 N–H and O–H groups in total. The van der Waals surface area contributed by atoms with Crippen LogP contribution in [0.1, 0.15) is 36.7 Å². The first-order chi connectivity index (χ1) is 18.9. The van der Waals surface area contributed by atoms with Crippen molar-refractivity contribution in [2.75, 3.05) is 18.4 Å². The number of aromatic nitrogens is 1. The molecule has 3 amide bonds. The molecule has 4 aromatic rings. The van der Waals surface area contributed by atoms with Crippen molar-refractivity contribution < 1.29 is 14.3 Å². The highest BCUT2D eigenvalue weighted by atomic mass is 16.5. The molecule has 39 heavy (non-hydrogen) atoms. The molecule has 0 unspecified atom stereocenters. The van der Waals surface area contributed by atoms with Gasteiger partial charge in [0.25, 0.3) is 0 Å². The van der Waals surface area contributed by atoms with Gasteiger partial charge in [0.05, 0.1) is 6.04 Å². The minimum Gasteiger partial charge on any atom is -0.457 e. The first-order valence-electron chi connectivity index (χ1n) is 13.3. The number of carbonyl (C=O) groups excluding carboxylic acids is 2. The van der Waals surface area contributed by atoms with Gasteiger partial charge in [-0.1, -0.05) is 48.5 Å². The van der Waals surface area contributed by atoms with Crippen LogP contribution in [0, 0.1) is 6.92 Å². The van der Waals surface area contributed by atoms with E-state index >= 15 is 0 Å². The maximum Gasteiger partial charge on any atom is 0.322 e. The normalized spacial score (nSPS) is 14.6. The molecule has 0 saturated heterocycles. The summed E-state index contributed by atoms with van der Waals surface area (Å²) in [6.45, 7) is 7.01. The second-order valence-electron chi connectivity index (χ2n) is 10.1. The molecule has 1 atom stereocenters. The number of urea groups is 1. The predicted octanol–water partition coefficient (Wildman–Crippen LogP) is 6.46. The molecule has 0 fully saturated rings. The second-order valence-corrected chi connectivity index (χ2v) is 10.1. The summed E-state index contributed by atoms with van der Waals surface area (Å²) in [7, 11) is 0. The molecule has 1 aliphatic heterocycles. The van der Waals surface area contributed by atoms with Gasteiger partial charge in [-0.05, 0) is 74.4 Å². The monoisotopic (exact) mass is 522 g/mol. The van der Waals surface area contributed by atoms with Gasteiger partial charge >= 0.3 is 6.03 Å². The van der Waals surface area contributed by atoms with Crippen LogP contribution in [0.2, 0.25) is 0 Å². The Morgan fingerprint density at radius 3 is 2.44 bits per heavy atom. The smallest absolute Gasteiger partial charge is 0.322 e. The van der Waals surface area contributed by atoms with Gasteiger partial charge in [0.15, 0.2) is 0 Å². The van der Waals surface area contributed by atoms with Gasteiger partial charge in [-0.2, -0.15) is 0 Å². The fourth-order valence-corrected chi connectivity index (χ4v) is 5.00. The molecule has 7 heteroatoms. The quantitative estimate of drug-likeness (QED) is 0.303. The molecule has 0 spiro atoms. The first-order valence-corrected chi connectivity index (χ1v) is 13.3. The largest absolute Gasteiger partial charge is 0.457 e. The van der Waals surface area contributed by atoms with E-state index in [1.54, 1.807) is 4.90 Å². The molecule has 2 heterocycles. The lowest BCUT2D eigenvalue weighted by Crippen LogP contribution is -2.50. The van der Waals surface area contributed by atoms with E-state index in [1.165, 1.54) is 0 Å². The third kappa shape index (κ3) is 5.82. The van der Waals surface area contributed by atoms with Gasteiger partial charge in [0.1, 0.15) is 18.0 Å². The van der Waals surface area contributed by atoms with E-state index in [4.69, 9.17) is 4.74 Å². The maximum atomic E-state index is 13.9. The van der Waals surface area contributed by atoms with Crippen molar-refractivity contribution in [3.63, 3.8) is 0 Å². The number of amides is 3. The Hall–Kier alpha value is -4.52.